The molecule has 0 radical (unpaired) electrons. The lowest BCUT2D eigenvalue weighted by molar-refractivity contribution is -0.136. The zero-order valence-corrected chi connectivity index (χ0v) is 16.3. The number of aliphatic carboxylic acids is 1. The largest absolute Gasteiger partial charge is 0.492 e. The van der Waals surface area contributed by atoms with Crippen LogP contribution in [0.3, 0.4) is 0 Å². The van der Waals surface area contributed by atoms with Gasteiger partial charge in [-0.15, -0.1) is 0 Å². The van der Waals surface area contributed by atoms with Crippen molar-refractivity contribution in [3.63, 3.8) is 0 Å². The van der Waals surface area contributed by atoms with Crippen LogP contribution in [0.2, 0.25) is 0 Å². The van der Waals surface area contributed by atoms with Crippen LogP contribution >= 0.6 is 28.1 Å². The van der Waals surface area contributed by atoms with Gasteiger partial charge in [-0.3, -0.25) is 14.7 Å². The maximum absolute atomic E-state index is 12.3. The highest BCUT2D eigenvalue weighted by molar-refractivity contribution is 9.10. The molecule has 8 nitrogen and oxygen atoms in total. The van der Waals surface area contributed by atoms with Crippen molar-refractivity contribution < 1.29 is 14.6 Å². The van der Waals surface area contributed by atoms with Gasteiger partial charge >= 0.3 is 5.97 Å². The first kappa shape index (κ1) is 20.0. The maximum atomic E-state index is 12.3. The molecule has 0 saturated carbocycles. The predicted molar refractivity (Wildman–Crippen MR) is 103 cm³/mol. The van der Waals surface area contributed by atoms with Crippen LogP contribution in [0.5, 0.6) is 5.75 Å². The normalized spacial score (nSPS) is 11.0. The summed E-state index contributed by atoms with van der Waals surface area (Å²) in [6.45, 7) is 2.64. The molecule has 1 aromatic heterocycles. The van der Waals surface area contributed by atoms with Crippen LogP contribution in [-0.2, 0) is 11.2 Å². The molecule has 2 N–H and O–H groups in total. The molecule has 0 bridgehead atoms. The molecule has 0 aliphatic carbocycles. The molecule has 0 aliphatic heterocycles. The maximum Gasteiger partial charge on any atom is 0.303 e. The fraction of sp³-hybridized carbons (Fsp3) is 0.312. The van der Waals surface area contributed by atoms with Crippen molar-refractivity contribution in [2.75, 3.05) is 6.61 Å². The Bertz CT molecular complexity index is 939. The van der Waals surface area contributed by atoms with Crippen molar-refractivity contribution >= 4 is 40.3 Å². The molecular formula is C16H17BrN4O4S. The van der Waals surface area contributed by atoms with Gasteiger partial charge in [0.15, 0.2) is 0 Å². The number of nitrogens with one attached hydrogen (secondary N) is 1. The SMILES string of the molecule is CCCOc1ccc(/C=N\n2c(=S)[nH]nc(CCC(=O)O)c2=O)cc1Br. The van der Waals surface area contributed by atoms with Gasteiger partial charge in [0.05, 0.1) is 23.7 Å². The zero-order valence-electron chi connectivity index (χ0n) is 13.9. The number of aryl methyl sites for hydroxylation is 1. The number of carboxylic acids is 1. The molecule has 138 valence electrons. The number of nitrogens with zero attached hydrogens (tertiary/aromatic N) is 3. The molecule has 0 amide bonds. The monoisotopic (exact) mass is 440 g/mol. The Labute approximate surface area is 162 Å². The molecule has 26 heavy (non-hydrogen) atoms. The highest BCUT2D eigenvalue weighted by Gasteiger charge is 2.09. The number of H-pyrrole nitrogens is 1. The van der Waals surface area contributed by atoms with Crippen LogP contribution < -0.4 is 10.3 Å². The second kappa shape index (κ2) is 9.39. The Morgan fingerprint density at radius 1 is 1.54 bits per heavy atom. The molecule has 0 saturated heterocycles. The van der Waals surface area contributed by atoms with Crippen molar-refractivity contribution in [3.05, 3.63) is 49.1 Å². The average Bonchev–Trinajstić information content (AvgIpc) is 2.60. The van der Waals surface area contributed by atoms with Crippen molar-refractivity contribution in [2.45, 2.75) is 26.2 Å². The summed E-state index contributed by atoms with van der Waals surface area (Å²) in [4.78, 5) is 23.0. The van der Waals surface area contributed by atoms with Crippen molar-refractivity contribution in [1.82, 2.24) is 14.9 Å². The summed E-state index contributed by atoms with van der Waals surface area (Å²) in [6.07, 6.45) is 2.16. The molecule has 0 atom stereocenters. The first-order valence-corrected chi connectivity index (χ1v) is 9.01. The molecule has 1 heterocycles. The average molecular weight is 441 g/mol. The second-order valence-corrected chi connectivity index (χ2v) is 6.51. The Kier molecular flexibility index (Phi) is 7.22. The minimum absolute atomic E-state index is 0.00911. The van der Waals surface area contributed by atoms with E-state index in [1.807, 2.05) is 6.92 Å². The molecule has 0 fully saturated rings. The number of benzene rings is 1. The van der Waals surface area contributed by atoms with E-state index in [1.54, 1.807) is 18.2 Å². The topological polar surface area (TPSA) is 110 Å². The van der Waals surface area contributed by atoms with Crippen LogP contribution in [0.1, 0.15) is 31.0 Å². The first-order valence-electron chi connectivity index (χ1n) is 7.81. The van der Waals surface area contributed by atoms with E-state index in [9.17, 15) is 9.59 Å². The van der Waals surface area contributed by atoms with Crippen LogP contribution in [0, 0.1) is 4.77 Å². The third kappa shape index (κ3) is 5.33. The number of hydrogen-bond donors (Lipinski definition) is 2. The fourth-order valence-corrected chi connectivity index (χ4v) is 2.66. The van der Waals surface area contributed by atoms with Crippen LogP contribution in [0.15, 0.2) is 32.6 Å². The van der Waals surface area contributed by atoms with Gasteiger partial charge in [0.1, 0.15) is 11.4 Å². The number of ether oxygens (including phenoxy) is 1. The van der Waals surface area contributed by atoms with E-state index in [-0.39, 0.29) is 23.3 Å². The minimum Gasteiger partial charge on any atom is -0.492 e. The third-order valence-corrected chi connectivity index (χ3v) is 4.12. The lowest BCUT2D eigenvalue weighted by Crippen LogP contribution is -2.25. The number of aromatic nitrogens is 3. The first-order chi connectivity index (χ1) is 12.4. The number of carbonyl (C=O) groups is 1. The van der Waals surface area contributed by atoms with E-state index >= 15 is 0 Å². The van der Waals surface area contributed by atoms with Gasteiger partial charge in [0.25, 0.3) is 5.56 Å². The van der Waals surface area contributed by atoms with Crippen LogP contribution in [0.25, 0.3) is 0 Å². The molecular weight excluding hydrogens is 424 g/mol. The lowest BCUT2D eigenvalue weighted by Gasteiger charge is -2.07. The number of hydrogen-bond acceptors (Lipinski definition) is 6. The smallest absolute Gasteiger partial charge is 0.303 e. The third-order valence-electron chi connectivity index (χ3n) is 3.23. The highest BCUT2D eigenvalue weighted by atomic mass is 79.9. The number of halogens is 1. The summed E-state index contributed by atoms with van der Waals surface area (Å²) in [6, 6.07) is 5.40. The summed E-state index contributed by atoms with van der Waals surface area (Å²) in [7, 11) is 0. The van der Waals surface area contributed by atoms with Gasteiger partial charge in [0, 0.05) is 6.42 Å². The van der Waals surface area contributed by atoms with E-state index in [0.29, 0.717) is 6.61 Å². The van der Waals surface area contributed by atoms with Crippen LogP contribution in [0.4, 0.5) is 0 Å². The van der Waals surface area contributed by atoms with Gasteiger partial charge in [-0.25, -0.2) is 0 Å². The van der Waals surface area contributed by atoms with Crippen LogP contribution in [-0.4, -0.2) is 38.8 Å². The summed E-state index contributed by atoms with van der Waals surface area (Å²) in [5.74, 6) is -0.294. The van der Waals surface area contributed by atoms with Crippen molar-refractivity contribution in [2.24, 2.45) is 5.10 Å². The predicted octanol–water partition coefficient (Wildman–Crippen LogP) is 2.75. The summed E-state index contributed by atoms with van der Waals surface area (Å²) in [5.41, 5.74) is 0.238. The zero-order chi connectivity index (χ0) is 19.1. The Morgan fingerprint density at radius 2 is 2.31 bits per heavy atom. The molecule has 0 spiro atoms. The number of rotatable bonds is 8. The molecule has 10 heteroatoms. The van der Waals surface area contributed by atoms with Crippen molar-refractivity contribution in [1.29, 1.82) is 0 Å². The summed E-state index contributed by atoms with van der Waals surface area (Å²) >= 11 is 8.46. The van der Waals surface area contributed by atoms with Gasteiger partial charge < -0.3 is 9.84 Å². The van der Waals surface area contributed by atoms with Crippen molar-refractivity contribution in [3.8, 4) is 5.75 Å². The van der Waals surface area contributed by atoms with Gasteiger partial charge in [-0.2, -0.15) is 14.9 Å². The van der Waals surface area contributed by atoms with E-state index in [1.165, 1.54) is 6.21 Å². The van der Waals surface area contributed by atoms with E-state index in [2.05, 4.69) is 31.2 Å². The van der Waals surface area contributed by atoms with Gasteiger partial charge in [-0.05, 0) is 58.3 Å². The molecule has 0 unspecified atom stereocenters. The van der Waals surface area contributed by atoms with Gasteiger partial charge in [-0.1, -0.05) is 6.92 Å². The fourth-order valence-electron chi connectivity index (χ4n) is 1.97. The Morgan fingerprint density at radius 3 is 2.96 bits per heavy atom. The second-order valence-electron chi connectivity index (χ2n) is 5.27. The Balaban J connectivity index is 2.26. The summed E-state index contributed by atoms with van der Waals surface area (Å²) < 4.78 is 7.35. The number of aromatic amines is 1. The van der Waals surface area contributed by atoms with E-state index < -0.39 is 11.5 Å². The summed E-state index contributed by atoms with van der Waals surface area (Å²) in [5, 5.41) is 19.1. The van der Waals surface area contributed by atoms with E-state index in [4.69, 9.17) is 22.1 Å². The van der Waals surface area contributed by atoms with E-state index in [0.717, 1.165) is 26.9 Å². The number of carboxylic acid groups (broad SMARTS) is 1. The minimum atomic E-state index is -1.01. The molecule has 2 aromatic rings. The Hall–Kier alpha value is -2.33. The standard InChI is InChI=1S/C16H17BrN4O4S/c1-2-7-25-13-5-3-10(8-11(13)17)9-18-21-15(24)12(4-6-14(22)23)19-20-16(21)26/h3,5,8-9H,2,4,6-7H2,1H3,(H,20,26)(H,22,23)/b18-9-. The molecule has 1 aromatic carbocycles. The molecule has 2 rings (SSSR count). The lowest BCUT2D eigenvalue weighted by atomic mass is 10.2. The van der Waals surface area contributed by atoms with Gasteiger partial charge in [0.2, 0.25) is 4.77 Å². The highest BCUT2D eigenvalue weighted by Crippen LogP contribution is 2.25. The quantitative estimate of drug-likeness (QED) is 0.482. The molecule has 0 aliphatic rings.